The minimum atomic E-state index is -0.791. The molecule has 3 aromatic rings. The second-order valence-electron chi connectivity index (χ2n) is 7.04. The number of benzene rings is 3. The molecule has 1 heterocycles. The molecule has 3 aromatic carbocycles. The topological polar surface area (TPSA) is 107 Å². The number of ether oxygens (including phenoxy) is 1. The highest BCUT2D eigenvalue weighted by molar-refractivity contribution is 9.10. The van der Waals surface area contributed by atoms with Gasteiger partial charge in [-0.3, -0.25) is 14.4 Å². The Labute approximate surface area is 209 Å². The van der Waals surface area contributed by atoms with Crippen LogP contribution in [0.25, 0.3) is 0 Å². The van der Waals surface area contributed by atoms with Gasteiger partial charge in [-0.25, -0.2) is 9.69 Å². The van der Waals surface area contributed by atoms with Crippen LogP contribution in [0.2, 0.25) is 5.02 Å². The zero-order chi connectivity index (χ0) is 23.9. The van der Waals surface area contributed by atoms with Gasteiger partial charge < -0.3 is 10.5 Å². The predicted octanol–water partition coefficient (Wildman–Crippen LogP) is 5.29. The van der Waals surface area contributed by atoms with Crippen molar-refractivity contribution in [2.45, 2.75) is 0 Å². The molecule has 0 aromatic heterocycles. The summed E-state index contributed by atoms with van der Waals surface area (Å²) in [6, 6.07) is 13.6. The van der Waals surface area contributed by atoms with Crippen LogP contribution in [0.4, 0.5) is 11.4 Å². The highest BCUT2D eigenvalue weighted by Crippen LogP contribution is 2.36. The van der Waals surface area contributed by atoms with Crippen LogP contribution in [0.3, 0.4) is 0 Å². The van der Waals surface area contributed by atoms with Crippen LogP contribution in [0.5, 0.6) is 0 Å². The Bertz CT molecular complexity index is 1320. The highest BCUT2D eigenvalue weighted by Gasteiger charge is 2.37. The summed E-state index contributed by atoms with van der Waals surface area (Å²) in [7, 11) is 0. The lowest BCUT2D eigenvalue weighted by atomic mass is 10.1. The standard InChI is InChI=1S/C23H13Br2ClN2O5/c24-13-4-1-11(2-5-13)19(29)10-33-23(32)12-3-6-15-16(7-12)22(31)28(21(15)30)14-8-17(25)20(27)18(26)9-14/h1-9H,10,27H2. The van der Waals surface area contributed by atoms with Crippen LogP contribution in [0.15, 0.2) is 63.5 Å². The molecular formula is C23H13Br2ClN2O5. The molecule has 2 N–H and O–H groups in total. The van der Waals surface area contributed by atoms with Crippen LogP contribution in [-0.4, -0.2) is 30.2 Å². The third kappa shape index (κ3) is 4.44. The molecule has 0 saturated heterocycles. The molecule has 10 heteroatoms. The van der Waals surface area contributed by atoms with Gasteiger partial charge >= 0.3 is 5.97 Å². The summed E-state index contributed by atoms with van der Waals surface area (Å²) < 4.78 is 6.35. The van der Waals surface area contributed by atoms with E-state index >= 15 is 0 Å². The number of halogens is 3. The molecule has 0 spiro atoms. The maximum absolute atomic E-state index is 13.0. The second-order valence-corrected chi connectivity index (χ2v) is 9.21. The van der Waals surface area contributed by atoms with E-state index in [1.807, 2.05) is 0 Å². The number of anilines is 2. The first-order valence-electron chi connectivity index (χ1n) is 9.40. The van der Waals surface area contributed by atoms with Gasteiger partial charge in [0.1, 0.15) is 0 Å². The van der Waals surface area contributed by atoms with Crippen LogP contribution >= 0.6 is 43.5 Å². The van der Waals surface area contributed by atoms with Crippen molar-refractivity contribution in [3.63, 3.8) is 0 Å². The number of hydrogen-bond donors (Lipinski definition) is 1. The Morgan fingerprint density at radius 1 is 0.909 bits per heavy atom. The normalized spacial score (nSPS) is 12.6. The first-order chi connectivity index (χ1) is 15.7. The first kappa shape index (κ1) is 23.2. The van der Waals surface area contributed by atoms with Crippen molar-refractivity contribution < 1.29 is 23.9 Å². The lowest BCUT2D eigenvalue weighted by molar-refractivity contribution is 0.0474. The van der Waals surface area contributed by atoms with E-state index in [9.17, 15) is 19.2 Å². The molecule has 0 fully saturated rings. The molecule has 1 aliphatic heterocycles. The predicted molar refractivity (Wildman–Crippen MR) is 130 cm³/mol. The molecule has 1 aliphatic rings. The molecular weight excluding hydrogens is 580 g/mol. The van der Waals surface area contributed by atoms with Gasteiger partial charge in [0.2, 0.25) is 0 Å². The fraction of sp³-hybridized carbons (Fsp3) is 0.0435. The number of hydrogen-bond acceptors (Lipinski definition) is 6. The van der Waals surface area contributed by atoms with Crippen LogP contribution in [0, 0.1) is 0 Å². The fourth-order valence-electron chi connectivity index (χ4n) is 3.24. The molecule has 4 rings (SSSR count). The van der Waals surface area contributed by atoms with Crippen LogP contribution in [0.1, 0.15) is 41.4 Å². The summed E-state index contributed by atoms with van der Waals surface area (Å²) in [5.41, 5.74) is 6.92. The first-order valence-corrected chi connectivity index (χ1v) is 11.4. The Morgan fingerprint density at radius 2 is 1.55 bits per heavy atom. The van der Waals surface area contributed by atoms with Gasteiger partial charge in [0.25, 0.3) is 11.8 Å². The quantitative estimate of drug-likeness (QED) is 0.187. The smallest absolute Gasteiger partial charge is 0.338 e. The minimum Gasteiger partial charge on any atom is -0.454 e. The third-order valence-corrected chi connectivity index (χ3v) is 6.44. The average molecular weight is 593 g/mol. The zero-order valence-electron chi connectivity index (χ0n) is 16.6. The molecule has 0 aliphatic carbocycles. The van der Waals surface area contributed by atoms with Crippen molar-refractivity contribution in [2.24, 2.45) is 0 Å². The molecule has 2 amide bonds. The Kier molecular flexibility index (Phi) is 6.38. The number of fused-ring (bicyclic) bond motifs is 1. The van der Waals surface area contributed by atoms with Crippen molar-refractivity contribution in [3.8, 4) is 0 Å². The van der Waals surface area contributed by atoms with Crippen molar-refractivity contribution >= 4 is 78.4 Å². The van der Waals surface area contributed by atoms with Crippen LogP contribution in [-0.2, 0) is 4.74 Å². The number of nitrogens with two attached hydrogens (primary N) is 1. The third-order valence-electron chi connectivity index (χ3n) is 4.94. The largest absolute Gasteiger partial charge is 0.454 e. The average Bonchev–Trinajstić information content (AvgIpc) is 3.05. The molecule has 166 valence electrons. The van der Waals surface area contributed by atoms with E-state index in [0.717, 1.165) is 9.37 Å². The Balaban J connectivity index is 1.53. The summed E-state index contributed by atoms with van der Waals surface area (Å²) in [4.78, 5) is 51.5. The van der Waals surface area contributed by atoms with E-state index in [-0.39, 0.29) is 38.9 Å². The van der Waals surface area contributed by atoms with Gasteiger partial charge in [-0.1, -0.05) is 39.7 Å². The number of nitrogen functional groups attached to an aromatic ring is 1. The number of amides is 2. The minimum absolute atomic E-state index is 0.0388. The van der Waals surface area contributed by atoms with E-state index in [1.165, 1.54) is 30.3 Å². The van der Waals surface area contributed by atoms with Gasteiger partial charge in [0, 0.05) is 14.5 Å². The summed E-state index contributed by atoms with van der Waals surface area (Å²) in [6.07, 6.45) is 0. The fourth-order valence-corrected chi connectivity index (χ4v) is 4.28. The molecule has 0 saturated carbocycles. The van der Waals surface area contributed by atoms with Crippen molar-refractivity contribution in [3.05, 3.63) is 90.8 Å². The number of carbonyl (C=O) groups excluding carboxylic acids is 4. The number of rotatable bonds is 5. The highest BCUT2D eigenvalue weighted by atomic mass is 79.9. The summed E-state index contributed by atoms with van der Waals surface area (Å²) in [6.45, 7) is -0.464. The summed E-state index contributed by atoms with van der Waals surface area (Å²) >= 11 is 12.6. The van der Waals surface area contributed by atoms with E-state index in [1.54, 1.807) is 24.3 Å². The summed E-state index contributed by atoms with van der Waals surface area (Å²) in [5, 5.41) is 0.177. The molecule has 0 radical (unpaired) electrons. The van der Waals surface area contributed by atoms with Gasteiger partial charge in [-0.15, -0.1) is 0 Å². The lowest BCUT2D eigenvalue weighted by Gasteiger charge is -2.15. The van der Waals surface area contributed by atoms with E-state index in [4.69, 9.17) is 22.1 Å². The van der Waals surface area contributed by atoms with Gasteiger partial charge in [-0.05, 0) is 58.4 Å². The summed E-state index contributed by atoms with van der Waals surface area (Å²) in [5.74, 6) is -2.35. The molecule has 33 heavy (non-hydrogen) atoms. The van der Waals surface area contributed by atoms with Gasteiger partial charge in [0.15, 0.2) is 12.4 Å². The number of nitrogens with zero attached hydrogens (tertiary/aromatic N) is 1. The number of ketones is 1. The number of esters is 1. The number of carbonyl (C=O) groups is 4. The maximum Gasteiger partial charge on any atom is 0.338 e. The molecule has 7 nitrogen and oxygen atoms in total. The SMILES string of the molecule is Nc1c(Cl)cc(N2C(=O)c3ccc(C(=O)OCC(=O)c4ccc(Br)cc4)cc3C2=O)cc1Br. The molecule has 0 bridgehead atoms. The van der Waals surface area contributed by atoms with E-state index in [2.05, 4.69) is 31.9 Å². The van der Waals surface area contributed by atoms with Gasteiger partial charge in [-0.2, -0.15) is 0 Å². The van der Waals surface area contributed by atoms with Gasteiger partial charge in [0.05, 0.1) is 33.1 Å². The lowest BCUT2D eigenvalue weighted by Crippen LogP contribution is -2.29. The molecule has 0 atom stereocenters. The number of Topliss-reactive ketones (excluding diaryl/α,β-unsaturated/α-hetero) is 1. The molecule has 0 unspecified atom stereocenters. The van der Waals surface area contributed by atoms with E-state index in [0.29, 0.717) is 10.0 Å². The van der Waals surface area contributed by atoms with E-state index < -0.39 is 24.4 Å². The van der Waals surface area contributed by atoms with Crippen molar-refractivity contribution in [2.75, 3.05) is 17.2 Å². The monoisotopic (exact) mass is 590 g/mol. The number of imide groups is 1. The Hall–Kier alpha value is -3.01. The van der Waals surface area contributed by atoms with Crippen molar-refractivity contribution in [1.82, 2.24) is 0 Å². The maximum atomic E-state index is 13.0. The Morgan fingerprint density at radius 3 is 2.21 bits per heavy atom. The van der Waals surface area contributed by atoms with Crippen molar-refractivity contribution in [1.29, 1.82) is 0 Å². The van der Waals surface area contributed by atoms with Crippen LogP contribution < -0.4 is 10.6 Å². The second kappa shape index (κ2) is 9.09. The zero-order valence-corrected chi connectivity index (χ0v) is 20.5.